The lowest BCUT2D eigenvalue weighted by Gasteiger charge is -2.44. The Balaban J connectivity index is 1.37. The van der Waals surface area contributed by atoms with Gasteiger partial charge in [0.1, 0.15) is 5.82 Å². The summed E-state index contributed by atoms with van der Waals surface area (Å²) in [7, 11) is 0. The van der Waals surface area contributed by atoms with Crippen LogP contribution >= 0.6 is 0 Å². The SMILES string of the molecule is CC1CN(C(=O)C2CN(c3c4c(nc5ccnn35)CCNCC4)C2)CC(C)O1. The molecule has 2 saturated heterocycles. The van der Waals surface area contributed by atoms with Crippen molar-refractivity contribution in [2.75, 3.05) is 44.2 Å². The van der Waals surface area contributed by atoms with Gasteiger partial charge in [0.05, 0.1) is 30.0 Å². The number of anilines is 1. The maximum Gasteiger partial charge on any atom is 0.229 e. The second-order valence-corrected chi connectivity index (χ2v) is 8.31. The van der Waals surface area contributed by atoms with Crippen LogP contribution in [0.4, 0.5) is 5.82 Å². The second kappa shape index (κ2) is 7.00. The van der Waals surface area contributed by atoms with Gasteiger partial charge in [0, 0.05) is 50.8 Å². The Morgan fingerprint density at radius 3 is 2.68 bits per heavy atom. The van der Waals surface area contributed by atoms with Gasteiger partial charge in [-0.1, -0.05) is 0 Å². The highest BCUT2D eigenvalue weighted by Crippen LogP contribution is 2.32. The number of carbonyl (C=O) groups is 1. The van der Waals surface area contributed by atoms with Gasteiger partial charge in [-0.2, -0.15) is 9.61 Å². The second-order valence-electron chi connectivity index (χ2n) is 8.31. The smallest absolute Gasteiger partial charge is 0.229 e. The van der Waals surface area contributed by atoms with E-state index in [9.17, 15) is 4.79 Å². The number of carbonyl (C=O) groups excluding carboxylic acids is 1. The monoisotopic (exact) mass is 384 g/mol. The summed E-state index contributed by atoms with van der Waals surface area (Å²) >= 11 is 0. The first-order valence-corrected chi connectivity index (χ1v) is 10.4. The lowest BCUT2D eigenvalue weighted by atomic mass is 9.96. The van der Waals surface area contributed by atoms with Gasteiger partial charge in [0.25, 0.3) is 0 Å². The molecule has 2 unspecified atom stereocenters. The van der Waals surface area contributed by atoms with E-state index in [2.05, 4.69) is 15.3 Å². The molecule has 3 aliphatic rings. The number of morpholine rings is 1. The van der Waals surface area contributed by atoms with Crippen molar-refractivity contribution < 1.29 is 9.53 Å². The summed E-state index contributed by atoms with van der Waals surface area (Å²) < 4.78 is 7.72. The summed E-state index contributed by atoms with van der Waals surface area (Å²) in [5.74, 6) is 1.44. The fourth-order valence-electron chi connectivity index (χ4n) is 4.76. The molecule has 5 heterocycles. The molecular weight excluding hydrogens is 356 g/mol. The number of rotatable bonds is 2. The quantitative estimate of drug-likeness (QED) is 0.812. The van der Waals surface area contributed by atoms with Gasteiger partial charge >= 0.3 is 0 Å². The zero-order valence-electron chi connectivity index (χ0n) is 16.6. The average Bonchev–Trinajstić information content (AvgIpc) is 2.95. The van der Waals surface area contributed by atoms with Crippen molar-refractivity contribution in [2.45, 2.75) is 38.9 Å². The molecule has 0 radical (unpaired) electrons. The van der Waals surface area contributed by atoms with Crippen molar-refractivity contribution >= 4 is 17.4 Å². The maximum atomic E-state index is 13.0. The topological polar surface area (TPSA) is 75.0 Å². The Morgan fingerprint density at radius 2 is 1.89 bits per heavy atom. The summed E-state index contributed by atoms with van der Waals surface area (Å²) in [5, 5.41) is 7.98. The molecule has 28 heavy (non-hydrogen) atoms. The molecule has 0 aromatic carbocycles. The summed E-state index contributed by atoms with van der Waals surface area (Å²) in [6.45, 7) is 8.87. The Bertz CT molecular complexity index is 880. The molecule has 150 valence electrons. The standard InChI is InChI=1S/C20H28N6O2/c1-13-9-25(10-14(2)28-13)20(27)15-11-24(12-15)19-16-3-6-21-7-4-17(16)23-18-5-8-22-26(18)19/h5,8,13-15,21H,3-4,6-7,9-12H2,1-2H3. The largest absolute Gasteiger partial charge is 0.372 e. The summed E-state index contributed by atoms with van der Waals surface area (Å²) in [5.41, 5.74) is 3.33. The van der Waals surface area contributed by atoms with Crippen LogP contribution in [0.25, 0.3) is 5.65 Å². The number of nitrogens with zero attached hydrogens (tertiary/aromatic N) is 5. The fourth-order valence-corrected chi connectivity index (χ4v) is 4.76. The fraction of sp³-hybridized carbons (Fsp3) is 0.650. The number of amides is 1. The van der Waals surface area contributed by atoms with E-state index in [0.717, 1.165) is 50.5 Å². The van der Waals surface area contributed by atoms with Gasteiger partial charge in [-0.25, -0.2) is 4.98 Å². The summed E-state index contributed by atoms with van der Waals surface area (Å²) in [4.78, 5) is 22.1. The molecule has 3 aliphatic heterocycles. The van der Waals surface area contributed by atoms with Crippen molar-refractivity contribution in [3.63, 3.8) is 0 Å². The molecular formula is C20H28N6O2. The number of ether oxygens (including phenoxy) is 1. The van der Waals surface area contributed by atoms with E-state index >= 15 is 0 Å². The molecule has 2 aromatic heterocycles. The highest BCUT2D eigenvalue weighted by atomic mass is 16.5. The minimum Gasteiger partial charge on any atom is -0.372 e. The van der Waals surface area contributed by atoms with E-state index in [4.69, 9.17) is 9.72 Å². The van der Waals surface area contributed by atoms with E-state index in [-0.39, 0.29) is 24.0 Å². The molecule has 8 heteroatoms. The van der Waals surface area contributed by atoms with Crippen molar-refractivity contribution in [3.8, 4) is 0 Å². The molecule has 0 saturated carbocycles. The Kier molecular flexibility index (Phi) is 4.47. The Hall–Kier alpha value is -2.19. The van der Waals surface area contributed by atoms with E-state index in [1.165, 1.54) is 11.3 Å². The third kappa shape index (κ3) is 3.04. The van der Waals surface area contributed by atoms with E-state index in [1.54, 1.807) is 0 Å². The number of fused-ring (bicyclic) bond motifs is 2. The van der Waals surface area contributed by atoms with E-state index in [0.29, 0.717) is 13.1 Å². The first-order chi connectivity index (χ1) is 13.6. The van der Waals surface area contributed by atoms with Crippen molar-refractivity contribution in [1.82, 2.24) is 24.8 Å². The van der Waals surface area contributed by atoms with Gasteiger partial charge in [0.15, 0.2) is 5.65 Å². The van der Waals surface area contributed by atoms with Crippen LogP contribution in [0.2, 0.25) is 0 Å². The molecule has 2 atom stereocenters. The number of hydrogen-bond acceptors (Lipinski definition) is 6. The van der Waals surface area contributed by atoms with Crippen molar-refractivity contribution in [1.29, 1.82) is 0 Å². The van der Waals surface area contributed by atoms with Gasteiger partial charge in [-0.15, -0.1) is 0 Å². The third-order valence-corrected chi connectivity index (χ3v) is 6.04. The van der Waals surface area contributed by atoms with Crippen LogP contribution in [0.1, 0.15) is 25.1 Å². The highest BCUT2D eigenvalue weighted by Gasteiger charge is 2.39. The maximum absolute atomic E-state index is 13.0. The molecule has 5 rings (SSSR count). The van der Waals surface area contributed by atoms with Crippen LogP contribution in [0.3, 0.4) is 0 Å². The minimum atomic E-state index is 0.0517. The molecule has 2 aromatic rings. The molecule has 0 bridgehead atoms. The Labute approximate surface area is 164 Å². The zero-order valence-corrected chi connectivity index (χ0v) is 16.6. The predicted octanol–water partition coefficient (Wildman–Crippen LogP) is 0.490. The number of aromatic nitrogens is 3. The highest BCUT2D eigenvalue weighted by molar-refractivity contribution is 5.82. The lowest BCUT2D eigenvalue weighted by molar-refractivity contribution is -0.148. The summed E-state index contributed by atoms with van der Waals surface area (Å²) in [6.07, 6.45) is 3.90. The van der Waals surface area contributed by atoms with E-state index < -0.39 is 0 Å². The third-order valence-electron chi connectivity index (χ3n) is 6.04. The van der Waals surface area contributed by atoms with Crippen LogP contribution in [0, 0.1) is 5.92 Å². The molecule has 1 amide bonds. The predicted molar refractivity (Wildman–Crippen MR) is 106 cm³/mol. The Morgan fingerprint density at radius 1 is 1.14 bits per heavy atom. The molecule has 0 spiro atoms. The number of hydrogen-bond donors (Lipinski definition) is 1. The van der Waals surface area contributed by atoms with Crippen molar-refractivity contribution in [2.24, 2.45) is 5.92 Å². The average molecular weight is 384 g/mol. The summed E-state index contributed by atoms with van der Waals surface area (Å²) in [6, 6.07) is 1.96. The van der Waals surface area contributed by atoms with Gasteiger partial charge in [-0.05, 0) is 26.8 Å². The van der Waals surface area contributed by atoms with Crippen LogP contribution in [-0.2, 0) is 22.4 Å². The van der Waals surface area contributed by atoms with Crippen LogP contribution in [0.15, 0.2) is 12.3 Å². The van der Waals surface area contributed by atoms with Gasteiger partial charge in [0.2, 0.25) is 5.91 Å². The zero-order chi connectivity index (χ0) is 19.3. The van der Waals surface area contributed by atoms with Gasteiger partial charge < -0.3 is 19.9 Å². The number of nitrogens with one attached hydrogen (secondary N) is 1. The molecule has 0 aliphatic carbocycles. The molecule has 2 fully saturated rings. The van der Waals surface area contributed by atoms with Crippen LogP contribution in [0.5, 0.6) is 0 Å². The van der Waals surface area contributed by atoms with Crippen LogP contribution < -0.4 is 10.2 Å². The van der Waals surface area contributed by atoms with E-state index in [1.807, 2.05) is 35.5 Å². The molecule has 1 N–H and O–H groups in total. The normalized spacial score (nSPS) is 26.1. The first kappa shape index (κ1) is 17.9. The first-order valence-electron chi connectivity index (χ1n) is 10.4. The molecule has 8 nitrogen and oxygen atoms in total. The lowest BCUT2D eigenvalue weighted by Crippen LogP contribution is -2.58. The van der Waals surface area contributed by atoms with Crippen LogP contribution in [-0.4, -0.2) is 76.9 Å². The van der Waals surface area contributed by atoms with Crippen molar-refractivity contribution in [3.05, 3.63) is 23.5 Å². The van der Waals surface area contributed by atoms with Gasteiger partial charge in [-0.3, -0.25) is 4.79 Å². The minimum absolute atomic E-state index is 0.0517.